The SMILES string of the molecule is C[C@@H]1CN(C)C(=O)c2cc(N)ccc2O[C@@H]1CN(C)C. The fourth-order valence-electron chi connectivity index (χ4n) is 2.51. The van der Waals surface area contributed by atoms with Gasteiger partial charge in [0.15, 0.2) is 0 Å². The van der Waals surface area contributed by atoms with Crippen molar-refractivity contribution in [1.82, 2.24) is 9.80 Å². The fraction of sp³-hybridized carbons (Fsp3) is 0.533. The molecule has 0 fully saturated rings. The molecule has 0 saturated carbocycles. The minimum absolute atomic E-state index is 0.0394. The van der Waals surface area contributed by atoms with Crippen LogP contribution in [0.25, 0.3) is 0 Å². The molecule has 1 heterocycles. The molecule has 0 spiro atoms. The highest BCUT2D eigenvalue weighted by atomic mass is 16.5. The molecule has 0 bridgehead atoms. The number of carbonyl (C=O) groups excluding carboxylic acids is 1. The van der Waals surface area contributed by atoms with Crippen LogP contribution in [-0.2, 0) is 0 Å². The van der Waals surface area contributed by atoms with Gasteiger partial charge in [-0.2, -0.15) is 0 Å². The van der Waals surface area contributed by atoms with Crippen molar-refractivity contribution in [2.24, 2.45) is 5.92 Å². The van der Waals surface area contributed by atoms with Crippen molar-refractivity contribution in [1.29, 1.82) is 0 Å². The van der Waals surface area contributed by atoms with Crippen LogP contribution < -0.4 is 10.5 Å². The lowest BCUT2D eigenvalue weighted by Crippen LogP contribution is -2.44. The van der Waals surface area contributed by atoms with Crippen molar-refractivity contribution >= 4 is 11.6 Å². The van der Waals surface area contributed by atoms with Crippen molar-refractivity contribution in [2.45, 2.75) is 13.0 Å². The zero-order valence-corrected chi connectivity index (χ0v) is 12.6. The summed E-state index contributed by atoms with van der Waals surface area (Å²) in [6, 6.07) is 5.25. The van der Waals surface area contributed by atoms with Crippen LogP contribution in [0.1, 0.15) is 17.3 Å². The number of amides is 1. The third kappa shape index (κ3) is 3.04. The maximum Gasteiger partial charge on any atom is 0.257 e. The maximum atomic E-state index is 12.4. The monoisotopic (exact) mass is 277 g/mol. The molecule has 0 aliphatic carbocycles. The summed E-state index contributed by atoms with van der Waals surface area (Å²) in [6.45, 7) is 3.60. The second-order valence-electron chi connectivity index (χ2n) is 5.84. The van der Waals surface area contributed by atoms with E-state index in [0.717, 1.165) is 6.54 Å². The first-order valence-corrected chi connectivity index (χ1v) is 6.85. The molecule has 2 rings (SSSR count). The van der Waals surface area contributed by atoms with Crippen LogP contribution in [0, 0.1) is 5.92 Å². The van der Waals surface area contributed by atoms with Gasteiger partial charge in [0, 0.05) is 31.7 Å². The molecule has 2 N–H and O–H groups in total. The van der Waals surface area contributed by atoms with Gasteiger partial charge < -0.3 is 20.3 Å². The van der Waals surface area contributed by atoms with Crippen molar-refractivity contribution in [3.63, 3.8) is 0 Å². The van der Waals surface area contributed by atoms with Gasteiger partial charge in [0.25, 0.3) is 5.91 Å². The van der Waals surface area contributed by atoms with Crippen molar-refractivity contribution < 1.29 is 9.53 Å². The number of carbonyl (C=O) groups is 1. The largest absolute Gasteiger partial charge is 0.488 e. The Morgan fingerprint density at radius 3 is 2.80 bits per heavy atom. The fourth-order valence-corrected chi connectivity index (χ4v) is 2.51. The number of likely N-dealkylation sites (N-methyl/N-ethyl adjacent to an activating group) is 1. The summed E-state index contributed by atoms with van der Waals surface area (Å²) in [7, 11) is 5.87. The highest BCUT2D eigenvalue weighted by Gasteiger charge is 2.29. The van der Waals surface area contributed by atoms with Crippen LogP contribution in [-0.4, -0.2) is 56.0 Å². The topological polar surface area (TPSA) is 58.8 Å². The zero-order chi connectivity index (χ0) is 14.9. The number of nitrogens with zero attached hydrogens (tertiary/aromatic N) is 2. The first-order valence-electron chi connectivity index (χ1n) is 6.85. The third-order valence-corrected chi connectivity index (χ3v) is 3.60. The van der Waals surface area contributed by atoms with Gasteiger partial charge in [0.2, 0.25) is 0 Å². The Morgan fingerprint density at radius 1 is 1.45 bits per heavy atom. The van der Waals surface area contributed by atoms with Crippen LogP contribution in [0.4, 0.5) is 5.69 Å². The van der Waals surface area contributed by atoms with Gasteiger partial charge in [-0.05, 0) is 32.3 Å². The van der Waals surface area contributed by atoms with Crippen LogP contribution in [0.2, 0.25) is 0 Å². The van der Waals surface area contributed by atoms with E-state index in [1.54, 1.807) is 23.1 Å². The second-order valence-corrected chi connectivity index (χ2v) is 5.84. The number of nitrogen functional groups attached to an aromatic ring is 1. The molecule has 110 valence electrons. The molecule has 1 aliphatic heterocycles. The molecule has 1 amide bonds. The van der Waals surface area contributed by atoms with E-state index in [0.29, 0.717) is 23.5 Å². The normalized spacial score (nSPS) is 23.1. The van der Waals surface area contributed by atoms with Gasteiger partial charge in [-0.15, -0.1) is 0 Å². The lowest BCUT2D eigenvalue weighted by Gasteiger charge is -2.34. The average molecular weight is 277 g/mol. The Bertz CT molecular complexity index is 502. The Balaban J connectivity index is 2.39. The van der Waals surface area contributed by atoms with Crippen molar-refractivity contribution in [2.75, 3.05) is 40.0 Å². The third-order valence-electron chi connectivity index (χ3n) is 3.60. The molecule has 0 saturated heterocycles. The lowest BCUT2D eigenvalue weighted by molar-refractivity contribution is 0.0576. The van der Waals surface area contributed by atoms with E-state index in [9.17, 15) is 4.79 Å². The van der Waals surface area contributed by atoms with E-state index in [-0.39, 0.29) is 17.9 Å². The molecule has 1 aromatic carbocycles. The zero-order valence-electron chi connectivity index (χ0n) is 12.6. The summed E-state index contributed by atoms with van der Waals surface area (Å²) in [5.74, 6) is 0.842. The molecule has 2 atom stereocenters. The van der Waals surface area contributed by atoms with Gasteiger partial charge in [-0.1, -0.05) is 6.92 Å². The van der Waals surface area contributed by atoms with Crippen LogP contribution in [0.15, 0.2) is 18.2 Å². The number of ether oxygens (including phenoxy) is 1. The highest BCUT2D eigenvalue weighted by molar-refractivity contribution is 5.97. The molecular formula is C15H23N3O2. The Hall–Kier alpha value is -1.75. The van der Waals surface area contributed by atoms with Crippen LogP contribution in [0.3, 0.4) is 0 Å². The van der Waals surface area contributed by atoms with E-state index in [1.807, 2.05) is 21.1 Å². The van der Waals surface area contributed by atoms with E-state index in [2.05, 4.69) is 11.8 Å². The summed E-state index contributed by atoms with van der Waals surface area (Å²) in [4.78, 5) is 16.2. The molecule has 5 nitrogen and oxygen atoms in total. The summed E-state index contributed by atoms with van der Waals surface area (Å²) in [6.07, 6.45) is 0.0444. The predicted molar refractivity (Wildman–Crippen MR) is 79.9 cm³/mol. The van der Waals surface area contributed by atoms with Gasteiger partial charge in [-0.25, -0.2) is 0 Å². The number of rotatable bonds is 2. The minimum atomic E-state index is -0.0394. The smallest absolute Gasteiger partial charge is 0.257 e. The average Bonchev–Trinajstić information content (AvgIpc) is 2.37. The standard InChI is InChI=1S/C15H23N3O2/c1-10-8-18(4)15(19)12-7-11(16)5-6-13(12)20-14(10)9-17(2)3/h5-7,10,14H,8-9,16H2,1-4H3/t10-,14-/m1/s1. The maximum absolute atomic E-state index is 12.4. The van der Waals surface area contributed by atoms with Gasteiger partial charge in [0.1, 0.15) is 11.9 Å². The summed E-state index contributed by atoms with van der Waals surface area (Å²) in [5, 5.41) is 0. The lowest BCUT2D eigenvalue weighted by atomic mass is 10.0. The molecule has 5 heteroatoms. The van der Waals surface area contributed by atoms with Gasteiger partial charge in [-0.3, -0.25) is 4.79 Å². The first kappa shape index (κ1) is 14.7. The van der Waals surface area contributed by atoms with Gasteiger partial charge in [0.05, 0.1) is 5.56 Å². The van der Waals surface area contributed by atoms with Gasteiger partial charge >= 0.3 is 0 Å². The van der Waals surface area contributed by atoms with E-state index < -0.39 is 0 Å². The Labute approximate surface area is 120 Å². The molecule has 1 aliphatic rings. The molecule has 20 heavy (non-hydrogen) atoms. The number of fused-ring (bicyclic) bond motifs is 1. The molecule has 0 aromatic heterocycles. The number of nitrogens with two attached hydrogens (primary N) is 1. The van der Waals surface area contributed by atoms with Crippen molar-refractivity contribution in [3.8, 4) is 5.75 Å². The minimum Gasteiger partial charge on any atom is -0.488 e. The second kappa shape index (κ2) is 5.71. The molecule has 0 unspecified atom stereocenters. The number of hydrogen-bond donors (Lipinski definition) is 1. The summed E-state index contributed by atoms with van der Waals surface area (Å²) >= 11 is 0. The summed E-state index contributed by atoms with van der Waals surface area (Å²) < 4.78 is 6.09. The predicted octanol–water partition coefficient (Wildman–Crippen LogP) is 1.30. The Kier molecular flexibility index (Phi) is 4.18. The van der Waals surface area contributed by atoms with E-state index >= 15 is 0 Å². The highest BCUT2D eigenvalue weighted by Crippen LogP contribution is 2.28. The Morgan fingerprint density at radius 2 is 2.15 bits per heavy atom. The number of benzene rings is 1. The van der Waals surface area contributed by atoms with Crippen LogP contribution >= 0.6 is 0 Å². The van der Waals surface area contributed by atoms with E-state index in [1.165, 1.54) is 0 Å². The summed E-state index contributed by atoms with van der Waals surface area (Å²) in [5.41, 5.74) is 6.91. The van der Waals surface area contributed by atoms with E-state index in [4.69, 9.17) is 10.5 Å². The van der Waals surface area contributed by atoms with Crippen molar-refractivity contribution in [3.05, 3.63) is 23.8 Å². The first-order chi connectivity index (χ1) is 9.38. The van der Waals surface area contributed by atoms with Crippen LogP contribution in [0.5, 0.6) is 5.75 Å². The molecular weight excluding hydrogens is 254 g/mol. The molecule has 0 radical (unpaired) electrons. The molecule has 1 aromatic rings. The number of anilines is 1. The quantitative estimate of drug-likeness (QED) is 0.828. The number of hydrogen-bond acceptors (Lipinski definition) is 4.